The molecule has 3 aliphatic heterocycles. The van der Waals surface area contributed by atoms with Crippen LogP contribution >= 0.6 is 11.6 Å². The number of piperidine rings is 1. The number of benzene rings is 2. The van der Waals surface area contributed by atoms with E-state index in [4.69, 9.17) is 25.8 Å². The minimum absolute atomic E-state index is 0.0319. The number of morpholine rings is 1. The number of aryl methyl sites for hydroxylation is 1. The predicted octanol–water partition coefficient (Wildman–Crippen LogP) is 1.54. The van der Waals surface area contributed by atoms with Crippen molar-refractivity contribution in [2.75, 3.05) is 50.2 Å². The van der Waals surface area contributed by atoms with Crippen molar-refractivity contribution < 1.29 is 38.2 Å². The molecule has 2 aromatic carbocycles. The summed E-state index contributed by atoms with van der Waals surface area (Å²) in [5.41, 5.74) is 1.17. The van der Waals surface area contributed by atoms with Crippen molar-refractivity contribution in [2.45, 2.75) is 25.0 Å². The molecule has 7 rings (SSSR count). The Labute approximate surface area is 306 Å². The highest BCUT2D eigenvalue weighted by Crippen LogP contribution is 2.31. The number of imide groups is 2. The molecule has 5 amide bonds. The molecule has 2 fully saturated rings. The number of aromatic nitrogens is 3. The first-order chi connectivity index (χ1) is 25.5. The van der Waals surface area contributed by atoms with Crippen molar-refractivity contribution in [3.8, 4) is 11.5 Å². The number of fused-ring (bicyclic) bond motifs is 2. The third-order valence-corrected chi connectivity index (χ3v) is 9.37. The van der Waals surface area contributed by atoms with Crippen LogP contribution < -0.4 is 35.9 Å². The average molecular weight is 745 g/mol. The molecule has 3 aliphatic rings. The SMILES string of the molecule is CNC(=O)COc1cc2cc(Nc3nc(N4CCO[C@@H](COc5ccc6c(c5)C(=O)N(C5CCC(=O)NC5=O)C6=O)C4)ncc3Cl)ccc2n(C)c1=O. The summed E-state index contributed by atoms with van der Waals surface area (Å²) in [7, 11) is 3.10. The number of anilines is 3. The lowest BCUT2D eigenvalue weighted by molar-refractivity contribution is -0.136. The lowest BCUT2D eigenvalue weighted by Gasteiger charge is -2.33. The molecule has 2 saturated heterocycles. The molecule has 2 atom stereocenters. The molecule has 0 bridgehead atoms. The summed E-state index contributed by atoms with van der Waals surface area (Å²) in [5.74, 6) is -1.60. The summed E-state index contributed by atoms with van der Waals surface area (Å²) in [4.78, 5) is 86.5. The number of nitrogens with one attached hydrogen (secondary N) is 3. The first-order valence-corrected chi connectivity index (χ1v) is 17.0. The van der Waals surface area contributed by atoms with E-state index < -0.39 is 35.8 Å². The Kier molecular flexibility index (Phi) is 9.68. The normalized spacial score (nSPS) is 18.5. The number of hydrogen-bond acceptors (Lipinski definition) is 13. The van der Waals surface area contributed by atoms with Gasteiger partial charge in [0.1, 0.15) is 29.5 Å². The van der Waals surface area contributed by atoms with Crippen LogP contribution in [0.1, 0.15) is 33.6 Å². The number of likely N-dealkylation sites (N-methyl/N-ethyl adjacent to an activating group) is 1. The van der Waals surface area contributed by atoms with Gasteiger partial charge in [-0.05, 0) is 48.9 Å². The van der Waals surface area contributed by atoms with Crippen LogP contribution in [0.4, 0.5) is 17.5 Å². The molecule has 5 heterocycles. The van der Waals surface area contributed by atoms with E-state index in [2.05, 4.69) is 25.9 Å². The Morgan fingerprint density at radius 2 is 1.87 bits per heavy atom. The van der Waals surface area contributed by atoms with E-state index in [1.54, 1.807) is 37.4 Å². The molecular weight excluding hydrogens is 712 g/mol. The van der Waals surface area contributed by atoms with Gasteiger partial charge in [0.15, 0.2) is 18.2 Å². The third kappa shape index (κ3) is 7.07. The second kappa shape index (κ2) is 14.5. The second-order valence-electron chi connectivity index (χ2n) is 12.5. The smallest absolute Gasteiger partial charge is 0.293 e. The van der Waals surface area contributed by atoms with Crippen molar-refractivity contribution in [3.63, 3.8) is 0 Å². The molecule has 3 N–H and O–H groups in total. The Morgan fingerprint density at radius 3 is 2.66 bits per heavy atom. The van der Waals surface area contributed by atoms with E-state index in [9.17, 15) is 28.8 Å². The number of carbonyl (C=O) groups is 5. The van der Waals surface area contributed by atoms with Gasteiger partial charge >= 0.3 is 0 Å². The number of nitrogens with zero attached hydrogens (tertiary/aromatic N) is 5. The molecule has 274 valence electrons. The topological polar surface area (TPSA) is 203 Å². The Bertz CT molecular complexity index is 2250. The highest BCUT2D eigenvalue weighted by atomic mass is 35.5. The van der Waals surface area contributed by atoms with E-state index in [-0.39, 0.29) is 59.4 Å². The van der Waals surface area contributed by atoms with Crippen LogP contribution in [-0.2, 0) is 26.2 Å². The molecule has 2 aromatic heterocycles. The summed E-state index contributed by atoms with van der Waals surface area (Å²) < 4.78 is 18.8. The number of halogens is 1. The fourth-order valence-corrected chi connectivity index (χ4v) is 6.45. The van der Waals surface area contributed by atoms with Crippen LogP contribution in [0, 0.1) is 0 Å². The van der Waals surface area contributed by atoms with E-state index >= 15 is 0 Å². The first kappa shape index (κ1) is 35.3. The summed E-state index contributed by atoms with van der Waals surface area (Å²) >= 11 is 6.50. The number of hydrogen-bond donors (Lipinski definition) is 3. The maximum atomic E-state index is 13.2. The number of ether oxygens (including phenoxy) is 3. The molecule has 0 aliphatic carbocycles. The van der Waals surface area contributed by atoms with Gasteiger partial charge in [0.05, 0.1) is 36.0 Å². The van der Waals surface area contributed by atoms with Gasteiger partial charge in [-0.25, -0.2) is 4.98 Å². The first-order valence-electron chi connectivity index (χ1n) is 16.6. The number of pyridine rings is 1. The van der Waals surface area contributed by atoms with Crippen LogP contribution in [0.25, 0.3) is 10.9 Å². The Morgan fingerprint density at radius 1 is 1.06 bits per heavy atom. The molecular formula is C35H33ClN8O9. The van der Waals surface area contributed by atoms with Gasteiger partial charge in [-0.15, -0.1) is 0 Å². The Balaban J connectivity index is 1.01. The zero-order valence-corrected chi connectivity index (χ0v) is 29.3. The number of carbonyl (C=O) groups excluding carboxylic acids is 5. The molecule has 0 saturated carbocycles. The summed E-state index contributed by atoms with van der Waals surface area (Å²) in [6, 6.07) is 10.4. The van der Waals surface area contributed by atoms with Crippen molar-refractivity contribution in [2.24, 2.45) is 7.05 Å². The number of rotatable bonds is 10. The fraction of sp³-hybridized carbons (Fsp3) is 0.314. The number of amides is 5. The predicted molar refractivity (Wildman–Crippen MR) is 190 cm³/mol. The summed E-state index contributed by atoms with van der Waals surface area (Å²) in [5, 5.41) is 8.81. The van der Waals surface area contributed by atoms with Crippen LogP contribution in [0.5, 0.6) is 11.5 Å². The lowest BCUT2D eigenvalue weighted by Crippen LogP contribution is -2.54. The molecule has 4 aromatic rings. The van der Waals surface area contributed by atoms with Crippen LogP contribution in [0.2, 0.25) is 5.02 Å². The van der Waals surface area contributed by atoms with Crippen molar-refractivity contribution in [1.29, 1.82) is 0 Å². The highest BCUT2D eigenvalue weighted by molar-refractivity contribution is 6.33. The van der Waals surface area contributed by atoms with Crippen molar-refractivity contribution >= 4 is 69.5 Å². The van der Waals surface area contributed by atoms with Crippen molar-refractivity contribution in [1.82, 2.24) is 30.1 Å². The Hall–Kier alpha value is -6.07. The van der Waals surface area contributed by atoms with Gasteiger partial charge in [0.25, 0.3) is 23.3 Å². The molecule has 53 heavy (non-hydrogen) atoms. The highest BCUT2D eigenvalue weighted by Gasteiger charge is 2.44. The second-order valence-corrected chi connectivity index (χ2v) is 12.9. The molecule has 0 radical (unpaired) electrons. The molecule has 18 heteroatoms. The van der Waals surface area contributed by atoms with E-state index in [1.165, 1.54) is 29.9 Å². The van der Waals surface area contributed by atoms with Gasteiger partial charge in [0.2, 0.25) is 17.8 Å². The molecule has 17 nitrogen and oxygen atoms in total. The minimum atomic E-state index is -1.06. The van der Waals surface area contributed by atoms with Gasteiger partial charge in [-0.3, -0.25) is 39.0 Å². The quantitative estimate of drug-likeness (QED) is 0.198. The average Bonchev–Trinajstić information content (AvgIpc) is 3.40. The summed E-state index contributed by atoms with van der Waals surface area (Å²) in [6.45, 7) is 1.03. The zero-order chi connectivity index (χ0) is 37.4. The van der Waals surface area contributed by atoms with Gasteiger partial charge in [0, 0.05) is 38.1 Å². The minimum Gasteiger partial charge on any atom is -0.491 e. The van der Waals surface area contributed by atoms with E-state index in [0.29, 0.717) is 53.8 Å². The van der Waals surface area contributed by atoms with Crippen LogP contribution in [-0.4, -0.2) is 101 Å². The third-order valence-electron chi connectivity index (χ3n) is 9.09. The van der Waals surface area contributed by atoms with Crippen LogP contribution in [0.15, 0.2) is 53.5 Å². The van der Waals surface area contributed by atoms with Crippen LogP contribution in [0.3, 0.4) is 0 Å². The standard InChI is InChI=1S/C35H33ClN8O9/c1-37-29(46)17-53-27-12-18-11-19(3-6-25(18)42(2)34(27)50)39-30-24(36)14-38-35(41-30)43-9-10-51-21(15-43)16-52-20-4-5-22-23(13-20)33(49)44(32(22)48)26-7-8-28(45)40-31(26)47/h3-6,11-14,21,26H,7-10,15-17H2,1-2H3,(H,37,46)(H,38,39,41)(H,40,45,47)/t21-,26?/m1/s1. The van der Waals surface area contributed by atoms with Crippen molar-refractivity contribution in [3.05, 3.63) is 75.2 Å². The zero-order valence-electron chi connectivity index (χ0n) is 28.5. The van der Waals surface area contributed by atoms with Gasteiger partial charge < -0.3 is 34.3 Å². The molecule has 0 spiro atoms. The lowest BCUT2D eigenvalue weighted by atomic mass is 10.0. The van der Waals surface area contributed by atoms with Gasteiger partial charge in [-0.1, -0.05) is 11.6 Å². The monoisotopic (exact) mass is 744 g/mol. The maximum absolute atomic E-state index is 13.2. The summed E-state index contributed by atoms with van der Waals surface area (Å²) in [6.07, 6.45) is 1.18. The van der Waals surface area contributed by atoms with E-state index in [0.717, 1.165) is 4.90 Å². The molecule has 1 unspecified atom stereocenters. The maximum Gasteiger partial charge on any atom is 0.293 e. The van der Waals surface area contributed by atoms with Gasteiger partial charge in [-0.2, -0.15) is 4.98 Å². The fourth-order valence-electron chi connectivity index (χ4n) is 6.32. The largest absolute Gasteiger partial charge is 0.491 e. The van der Waals surface area contributed by atoms with E-state index in [1.807, 2.05) is 4.90 Å².